The molecule has 0 saturated carbocycles. The Labute approximate surface area is 248 Å². The molecule has 198 valence electrons. The van der Waals surface area contributed by atoms with Crippen molar-refractivity contribution in [1.29, 1.82) is 0 Å². The maximum Gasteiger partial charge on any atom is 0.138 e. The summed E-state index contributed by atoms with van der Waals surface area (Å²) >= 11 is 1.82. The number of fused-ring (bicyclic) bond motifs is 4. The smallest absolute Gasteiger partial charge is 0.138 e. The normalized spacial score (nSPS) is 11.3. The summed E-state index contributed by atoms with van der Waals surface area (Å²) in [5.41, 5.74) is 6.94. The lowest BCUT2D eigenvalue weighted by atomic mass is 9.97. The minimum absolute atomic E-state index is 0.899. The second kappa shape index (κ2) is 10.3. The Hall–Kier alpha value is -5.25. The molecule has 0 aliphatic rings. The molecule has 3 heteroatoms. The number of hydrogen-bond donors (Lipinski definition) is 0. The highest BCUT2D eigenvalue weighted by molar-refractivity contribution is 7.25. The number of pyridine rings is 1. The van der Waals surface area contributed by atoms with E-state index in [2.05, 4.69) is 157 Å². The van der Waals surface area contributed by atoms with E-state index < -0.39 is 0 Å². The standard InChI is InChI=1S/C39H26N2S/c1-3-11-27(12-4-1)28-19-21-31(22-20-28)41(39-25-38-36(26-40-39)34-17-9-10-18-37(34)42-38)32-23-30-15-7-8-16-33(30)35(24-32)29-13-5-2-6-14-29/h1-26H. The van der Waals surface area contributed by atoms with Crippen molar-refractivity contribution in [2.24, 2.45) is 0 Å². The molecule has 0 saturated heterocycles. The van der Waals surface area contributed by atoms with E-state index >= 15 is 0 Å². The molecule has 0 fully saturated rings. The van der Waals surface area contributed by atoms with Crippen LogP contribution in [0, 0.1) is 0 Å². The second-order valence-corrected chi connectivity index (χ2v) is 11.5. The van der Waals surface area contributed by atoms with Crippen LogP contribution in [-0.2, 0) is 0 Å². The van der Waals surface area contributed by atoms with Crippen LogP contribution >= 0.6 is 11.3 Å². The topological polar surface area (TPSA) is 16.1 Å². The van der Waals surface area contributed by atoms with E-state index in [0.717, 1.165) is 17.2 Å². The van der Waals surface area contributed by atoms with E-state index in [0.29, 0.717) is 0 Å². The molecule has 0 aliphatic carbocycles. The predicted octanol–water partition coefficient (Wildman–Crippen LogP) is 11.4. The van der Waals surface area contributed by atoms with Crippen LogP contribution < -0.4 is 4.90 Å². The van der Waals surface area contributed by atoms with E-state index in [1.807, 2.05) is 17.5 Å². The van der Waals surface area contributed by atoms with Gasteiger partial charge in [-0.05, 0) is 69.4 Å². The summed E-state index contributed by atoms with van der Waals surface area (Å²) in [6, 6.07) is 54.0. The molecular formula is C39H26N2S. The average Bonchev–Trinajstić information content (AvgIpc) is 3.44. The monoisotopic (exact) mass is 554 g/mol. The number of thiophene rings is 1. The largest absolute Gasteiger partial charge is 0.295 e. The first kappa shape index (κ1) is 24.5. The van der Waals surface area contributed by atoms with E-state index in [1.165, 1.54) is 53.2 Å². The molecule has 2 nitrogen and oxygen atoms in total. The fourth-order valence-corrected chi connectivity index (χ4v) is 6.97. The molecule has 0 unspecified atom stereocenters. The van der Waals surface area contributed by atoms with Gasteiger partial charge < -0.3 is 0 Å². The lowest BCUT2D eigenvalue weighted by Crippen LogP contribution is -2.11. The number of benzene rings is 6. The fourth-order valence-electron chi connectivity index (χ4n) is 5.86. The highest BCUT2D eigenvalue weighted by atomic mass is 32.1. The Morgan fingerprint density at radius 1 is 0.452 bits per heavy atom. The van der Waals surface area contributed by atoms with Crippen molar-refractivity contribution < 1.29 is 0 Å². The van der Waals surface area contributed by atoms with Gasteiger partial charge in [-0.1, -0.05) is 115 Å². The maximum atomic E-state index is 5.08. The highest BCUT2D eigenvalue weighted by Crippen LogP contribution is 2.42. The zero-order valence-electron chi connectivity index (χ0n) is 22.8. The molecule has 0 N–H and O–H groups in total. The van der Waals surface area contributed by atoms with Gasteiger partial charge in [0.2, 0.25) is 0 Å². The Morgan fingerprint density at radius 3 is 1.88 bits per heavy atom. The van der Waals surface area contributed by atoms with Gasteiger partial charge in [-0.3, -0.25) is 4.90 Å². The average molecular weight is 555 g/mol. The molecular weight excluding hydrogens is 529 g/mol. The Kier molecular flexibility index (Phi) is 6.02. The van der Waals surface area contributed by atoms with Crippen LogP contribution in [0.1, 0.15) is 0 Å². The predicted molar refractivity (Wildman–Crippen MR) is 180 cm³/mol. The van der Waals surface area contributed by atoms with Crippen molar-refractivity contribution in [3.8, 4) is 22.3 Å². The van der Waals surface area contributed by atoms with Crippen LogP contribution in [0.15, 0.2) is 158 Å². The lowest BCUT2D eigenvalue weighted by molar-refractivity contribution is 1.20. The molecule has 42 heavy (non-hydrogen) atoms. The van der Waals surface area contributed by atoms with Crippen molar-refractivity contribution in [3.05, 3.63) is 158 Å². The summed E-state index contributed by atoms with van der Waals surface area (Å²) in [6.45, 7) is 0. The van der Waals surface area contributed by atoms with Gasteiger partial charge >= 0.3 is 0 Å². The Balaban J connectivity index is 1.35. The SMILES string of the molecule is c1ccc(-c2ccc(N(c3cc(-c4ccccc4)c4ccccc4c3)c3cc4sc5ccccc5c4cn3)cc2)cc1. The summed E-state index contributed by atoms with van der Waals surface area (Å²) in [7, 11) is 0. The van der Waals surface area contributed by atoms with E-state index in [1.54, 1.807) is 0 Å². The number of hydrogen-bond acceptors (Lipinski definition) is 3. The molecule has 0 amide bonds. The minimum atomic E-state index is 0.899. The van der Waals surface area contributed by atoms with Crippen molar-refractivity contribution in [1.82, 2.24) is 4.98 Å². The lowest BCUT2D eigenvalue weighted by Gasteiger charge is -2.26. The van der Waals surface area contributed by atoms with Crippen molar-refractivity contribution in [3.63, 3.8) is 0 Å². The third-order valence-corrected chi connectivity index (χ3v) is 9.03. The Bertz CT molecular complexity index is 2180. The van der Waals surface area contributed by atoms with Crippen LogP contribution in [-0.4, -0.2) is 4.98 Å². The van der Waals surface area contributed by atoms with Gasteiger partial charge in [0.15, 0.2) is 0 Å². The number of rotatable bonds is 5. The first-order valence-electron chi connectivity index (χ1n) is 14.1. The molecule has 0 spiro atoms. The molecule has 2 aromatic heterocycles. The van der Waals surface area contributed by atoms with E-state index in [4.69, 9.17) is 4.98 Å². The van der Waals surface area contributed by atoms with Gasteiger partial charge in [0.1, 0.15) is 5.82 Å². The van der Waals surface area contributed by atoms with Gasteiger partial charge in [-0.2, -0.15) is 0 Å². The summed E-state index contributed by atoms with van der Waals surface area (Å²) in [5, 5.41) is 4.89. The summed E-state index contributed by atoms with van der Waals surface area (Å²) in [6.07, 6.45) is 2.04. The molecule has 2 heterocycles. The van der Waals surface area contributed by atoms with Crippen molar-refractivity contribution in [2.75, 3.05) is 4.90 Å². The zero-order chi connectivity index (χ0) is 27.9. The first-order valence-corrected chi connectivity index (χ1v) is 14.9. The minimum Gasteiger partial charge on any atom is -0.295 e. The molecule has 0 radical (unpaired) electrons. The van der Waals surface area contributed by atoms with Gasteiger partial charge in [-0.15, -0.1) is 11.3 Å². The quantitative estimate of drug-likeness (QED) is 0.210. The van der Waals surface area contributed by atoms with Gasteiger partial charge in [-0.25, -0.2) is 4.98 Å². The van der Waals surface area contributed by atoms with E-state index in [-0.39, 0.29) is 0 Å². The molecule has 0 bridgehead atoms. The van der Waals surface area contributed by atoms with Crippen molar-refractivity contribution >= 4 is 59.5 Å². The van der Waals surface area contributed by atoms with Crippen LogP contribution in [0.3, 0.4) is 0 Å². The van der Waals surface area contributed by atoms with Crippen molar-refractivity contribution in [2.45, 2.75) is 0 Å². The molecule has 6 aromatic carbocycles. The van der Waals surface area contributed by atoms with Crippen LogP contribution in [0.4, 0.5) is 17.2 Å². The maximum absolute atomic E-state index is 5.08. The number of anilines is 3. The fraction of sp³-hybridized carbons (Fsp3) is 0. The summed E-state index contributed by atoms with van der Waals surface area (Å²) in [4.78, 5) is 7.37. The third kappa shape index (κ3) is 4.32. The highest BCUT2D eigenvalue weighted by Gasteiger charge is 2.18. The van der Waals surface area contributed by atoms with E-state index in [9.17, 15) is 0 Å². The number of nitrogens with zero attached hydrogens (tertiary/aromatic N) is 2. The summed E-state index contributed by atoms with van der Waals surface area (Å²) in [5.74, 6) is 0.899. The molecule has 8 rings (SSSR count). The molecule has 8 aromatic rings. The molecule has 0 aliphatic heterocycles. The third-order valence-electron chi connectivity index (χ3n) is 7.90. The second-order valence-electron chi connectivity index (χ2n) is 10.5. The number of aromatic nitrogens is 1. The van der Waals surface area contributed by atoms with Crippen LogP contribution in [0.25, 0.3) is 53.2 Å². The van der Waals surface area contributed by atoms with Gasteiger partial charge in [0.05, 0.1) is 0 Å². The van der Waals surface area contributed by atoms with Crippen LogP contribution in [0.5, 0.6) is 0 Å². The first-order chi connectivity index (χ1) is 20.8. The van der Waals surface area contributed by atoms with Crippen LogP contribution in [0.2, 0.25) is 0 Å². The zero-order valence-corrected chi connectivity index (χ0v) is 23.6. The van der Waals surface area contributed by atoms with Gasteiger partial charge in [0, 0.05) is 37.7 Å². The Morgan fingerprint density at radius 2 is 1.10 bits per heavy atom. The molecule has 0 atom stereocenters. The van der Waals surface area contributed by atoms with Gasteiger partial charge in [0.25, 0.3) is 0 Å². The summed E-state index contributed by atoms with van der Waals surface area (Å²) < 4.78 is 2.51.